The van der Waals surface area contributed by atoms with Crippen LogP contribution in [0.3, 0.4) is 0 Å². The molecule has 2 aliphatic rings. The van der Waals surface area contributed by atoms with Gasteiger partial charge in [-0.1, -0.05) is 46.0 Å². The standard InChI is InChI=1S/C18H32O2/c1-3-6-15-9-11-18(12-10-15,17(19)20)16-8-5-7-14(4-2)13-16/h14-16H,3-13H2,1-2H3,(H,19,20). The normalized spacial score (nSPS) is 38.6. The maximum atomic E-state index is 12.0. The molecule has 2 aliphatic carbocycles. The summed E-state index contributed by atoms with van der Waals surface area (Å²) in [6.45, 7) is 4.50. The molecule has 0 aliphatic heterocycles. The Morgan fingerprint density at radius 2 is 1.80 bits per heavy atom. The predicted molar refractivity (Wildman–Crippen MR) is 82.7 cm³/mol. The van der Waals surface area contributed by atoms with Crippen molar-refractivity contribution in [1.82, 2.24) is 0 Å². The van der Waals surface area contributed by atoms with E-state index < -0.39 is 5.97 Å². The van der Waals surface area contributed by atoms with Crippen LogP contribution in [0, 0.1) is 23.2 Å². The van der Waals surface area contributed by atoms with Crippen LogP contribution in [0.2, 0.25) is 0 Å². The first-order valence-corrected chi connectivity index (χ1v) is 8.85. The van der Waals surface area contributed by atoms with E-state index in [-0.39, 0.29) is 5.41 Å². The number of carboxylic acids is 1. The summed E-state index contributed by atoms with van der Waals surface area (Å²) in [5.41, 5.74) is -0.377. The molecule has 116 valence electrons. The van der Waals surface area contributed by atoms with Crippen LogP contribution in [0.25, 0.3) is 0 Å². The van der Waals surface area contributed by atoms with E-state index in [4.69, 9.17) is 0 Å². The topological polar surface area (TPSA) is 37.3 Å². The molecule has 0 spiro atoms. The van der Waals surface area contributed by atoms with Gasteiger partial charge >= 0.3 is 5.97 Å². The molecule has 0 aromatic heterocycles. The van der Waals surface area contributed by atoms with Crippen LogP contribution in [0.1, 0.15) is 84.5 Å². The van der Waals surface area contributed by atoms with Gasteiger partial charge in [0, 0.05) is 0 Å². The first-order valence-electron chi connectivity index (χ1n) is 8.85. The highest BCUT2D eigenvalue weighted by Crippen LogP contribution is 2.51. The van der Waals surface area contributed by atoms with Crippen LogP contribution in [0.5, 0.6) is 0 Å². The SMILES string of the molecule is CCCC1CCC(C(=O)O)(C2CCCC(CC)C2)CC1. The molecule has 0 amide bonds. The number of hydrogen-bond donors (Lipinski definition) is 1. The Hall–Kier alpha value is -0.530. The lowest BCUT2D eigenvalue weighted by molar-refractivity contribution is -0.158. The molecule has 2 rings (SSSR count). The van der Waals surface area contributed by atoms with Crippen molar-refractivity contribution in [3.05, 3.63) is 0 Å². The summed E-state index contributed by atoms with van der Waals surface area (Å²) < 4.78 is 0. The first-order chi connectivity index (χ1) is 9.62. The van der Waals surface area contributed by atoms with Crippen molar-refractivity contribution >= 4 is 5.97 Å². The number of hydrogen-bond acceptors (Lipinski definition) is 1. The lowest BCUT2D eigenvalue weighted by atomic mass is 9.58. The number of carbonyl (C=O) groups is 1. The molecule has 20 heavy (non-hydrogen) atoms. The predicted octanol–water partition coefficient (Wildman–Crippen LogP) is 5.26. The lowest BCUT2D eigenvalue weighted by Gasteiger charge is -2.45. The van der Waals surface area contributed by atoms with Crippen LogP contribution in [-0.2, 0) is 4.79 Å². The van der Waals surface area contributed by atoms with Crippen molar-refractivity contribution in [1.29, 1.82) is 0 Å². The third-order valence-corrected chi connectivity index (χ3v) is 6.26. The third kappa shape index (κ3) is 3.20. The second kappa shape index (κ2) is 6.95. The summed E-state index contributed by atoms with van der Waals surface area (Å²) in [4.78, 5) is 12.0. The van der Waals surface area contributed by atoms with E-state index in [1.165, 1.54) is 38.5 Å². The zero-order valence-corrected chi connectivity index (χ0v) is 13.4. The van der Waals surface area contributed by atoms with Gasteiger partial charge in [-0.2, -0.15) is 0 Å². The van der Waals surface area contributed by atoms with E-state index in [1.54, 1.807) is 0 Å². The largest absolute Gasteiger partial charge is 0.481 e. The van der Waals surface area contributed by atoms with Crippen LogP contribution < -0.4 is 0 Å². The minimum Gasteiger partial charge on any atom is -0.481 e. The molecule has 2 unspecified atom stereocenters. The Morgan fingerprint density at radius 1 is 1.10 bits per heavy atom. The summed E-state index contributed by atoms with van der Waals surface area (Å²) in [6, 6.07) is 0. The molecule has 2 fully saturated rings. The summed E-state index contributed by atoms with van der Waals surface area (Å²) in [7, 11) is 0. The molecule has 0 aromatic rings. The van der Waals surface area contributed by atoms with Crippen LogP contribution in [0.15, 0.2) is 0 Å². The highest BCUT2D eigenvalue weighted by Gasteiger charge is 2.48. The lowest BCUT2D eigenvalue weighted by Crippen LogP contribution is -2.43. The van der Waals surface area contributed by atoms with E-state index in [1.807, 2.05) is 0 Å². The van der Waals surface area contributed by atoms with Gasteiger partial charge in [-0.25, -0.2) is 0 Å². The average molecular weight is 280 g/mol. The smallest absolute Gasteiger partial charge is 0.309 e. The Kier molecular flexibility index (Phi) is 5.51. The van der Waals surface area contributed by atoms with E-state index in [0.29, 0.717) is 5.92 Å². The molecule has 2 nitrogen and oxygen atoms in total. The second-order valence-corrected chi connectivity index (χ2v) is 7.33. The van der Waals surface area contributed by atoms with Gasteiger partial charge < -0.3 is 5.11 Å². The molecule has 0 heterocycles. The Labute approximate surface area is 124 Å². The number of carboxylic acid groups (broad SMARTS) is 1. The Balaban J connectivity index is 2.05. The number of aliphatic carboxylic acids is 1. The van der Waals surface area contributed by atoms with Crippen molar-refractivity contribution in [3.63, 3.8) is 0 Å². The minimum absolute atomic E-state index is 0.377. The highest BCUT2D eigenvalue weighted by atomic mass is 16.4. The highest BCUT2D eigenvalue weighted by molar-refractivity contribution is 5.75. The maximum Gasteiger partial charge on any atom is 0.309 e. The quantitative estimate of drug-likeness (QED) is 0.745. The van der Waals surface area contributed by atoms with Crippen molar-refractivity contribution in [2.45, 2.75) is 84.5 Å². The van der Waals surface area contributed by atoms with E-state index >= 15 is 0 Å². The Morgan fingerprint density at radius 3 is 2.35 bits per heavy atom. The van der Waals surface area contributed by atoms with Gasteiger partial charge in [0.1, 0.15) is 0 Å². The average Bonchev–Trinajstić information content (AvgIpc) is 2.48. The number of rotatable bonds is 5. The van der Waals surface area contributed by atoms with Crippen molar-refractivity contribution in [2.24, 2.45) is 23.2 Å². The van der Waals surface area contributed by atoms with Gasteiger partial charge in [0.2, 0.25) is 0 Å². The molecule has 0 aromatic carbocycles. The molecule has 0 radical (unpaired) electrons. The van der Waals surface area contributed by atoms with E-state index in [9.17, 15) is 9.90 Å². The van der Waals surface area contributed by atoms with Crippen molar-refractivity contribution in [2.75, 3.05) is 0 Å². The van der Waals surface area contributed by atoms with Crippen LogP contribution in [0.4, 0.5) is 0 Å². The molecule has 2 heteroatoms. The second-order valence-electron chi connectivity index (χ2n) is 7.33. The fraction of sp³-hybridized carbons (Fsp3) is 0.944. The molecule has 2 saturated carbocycles. The molecule has 0 bridgehead atoms. The Bertz CT molecular complexity index is 315. The summed E-state index contributed by atoms with van der Waals surface area (Å²) in [5, 5.41) is 9.92. The van der Waals surface area contributed by atoms with Crippen LogP contribution in [-0.4, -0.2) is 11.1 Å². The first kappa shape index (κ1) is 15.9. The van der Waals surface area contributed by atoms with Crippen LogP contribution >= 0.6 is 0 Å². The monoisotopic (exact) mass is 280 g/mol. The minimum atomic E-state index is -0.491. The molecule has 2 atom stereocenters. The van der Waals surface area contributed by atoms with Crippen molar-refractivity contribution in [3.8, 4) is 0 Å². The van der Waals surface area contributed by atoms with E-state index in [2.05, 4.69) is 13.8 Å². The molecular weight excluding hydrogens is 248 g/mol. The summed E-state index contributed by atoms with van der Waals surface area (Å²) in [6.07, 6.45) is 12.8. The summed E-state index contributed by atoms with van der Waals surface area (Å²) in [5.74, 6) is 1.52. The van der Waals surface area contributed by atoms with E-state index in [0.717, 1.165) is 43.9 Å². The van der Waals surface area contributed by atoms with Gasteiger partial charge in [0.15, 0.2) is 0 Å². The fourth-order valence-electron chi connectivity index (χ4n) is 4.85. The summed E-state index contributed by atoms with van der Waals surface area (Å²) >= 11 is 0. The van der Waals surface area contributed by atoms with Gasteiger partial charge in [-0.05, 0) is 56.3 Å². The van der Waals surface area contributed by atoms with Gasteiger partial charge in [-0.15, -0.1) is 0 Å². The molecular formula is C18H32O2. The van der Waals surface area contributed by atoms with Gasteiger partial charge in [0.25, 0.3) is 0 Å². The third-order valence-electron chi connectivity index (χ3n) is 6.26. The maximum absolute atomic E-state index is 12.0. The fourth-order valence-corrected chi connectivity index (χ4v) is 4.85. The van der Waals surface area contributed by atoms with Gasteiger partial charge in [0.05, 0.1) is 5.41 Å². The zero-order chi connectivity index (χ0) is 14.6. The zero-order valence-electron chi connectivity index (χ0n) is 13.4. The molecule has 0 saturated heterocycles. The van der Waals surface area contributed by atoms with Gasteiger partial charge in [-0.3, -0.25) is 4.79 Å². The van der Waals surface area contributed by atoms with Crippen molar-refractivity contribution < 1.29 is 9.90 Å². The molecule has 1 N–H and O–H groups in total.